The van der Waals surface area contributed by atoms with Gasteiger partial charge in [0.25, 0.3) is 0 Å². The number of likely N-dealkylation sites (tertiary alicyclic amines) is 2. The number of nitrogens with zero attached hydrogens (tertiary/aromatic N) is 6. The highest BCUT2D eigenvalue weighted by atomic mass is 32.1. The normalized spacial score (nSPS) is 16.9. The molecule has 10 nitrogen and oxygen atoms in total. The summed E-state index contributed by atoms with van der Waals surface area (Å²) >= 11 is 2.20. The van der Waals surface area contributed by atoms with Crippen molar-refractivity contribution < 1.29 is 27.8 Å². The molecule has 2 amide bonds. The first-order chi connectivity index (χ1) is 28.9. The van der Waals surface area contributed by atoms with Crippen molar-refractivity contribution in [3.63, 3.8) is 0 Å². The Morgan fingerprint density at radius 2 is 1.07 bits per heavy atom. The van der Waals surface area contributed by atoms with E-state index in [0.717, 1.165) is 103 Å². The van der Waals surface area contributed by atoms with E-state index in [1.165, 1.54) is 12.1 Å². The van der Waals surface area contributed by atoms with Gasteiger partial charge in [-0.05, 0) is 125 Å². The fraction of sp³-hybridized carbons (Fsp3) is 0.304. The van der Waals surface area contributed by atoms with E-state index in [-0.39, 0.29) is 34.2 Å². The Balaban J connectivity index is 0.000000181. The number of thiophene rings is 2. The van der Waals surface area contributed by atoms with Crippen molar-refractivity contribution in [2.24, 2.45) is 0 Å². The van der Waals surface area contributed by atoms with E-state index in [9.17, 15) is 18.4 Å². The van der Waals surface area contributed by atoms with E-state index in [0.29, 0.717) is 24.6 Å². The number of ether oxygens (including phenoxy) is 2. The molecule has 6 heterocycles. The van der Waals surface area contributed by atoms with Crippen LogP contribution in [0, 0.1) is 24.1 Å². The fourth-order valence-electron chi connectivity index (χ4n) is 7.59. The summed E-state index contributed by atoms with van der Waals surface area (Å²) in [4.78, 5) is 40.2. The van der Waals surface area contributed by atoms with Crippen LogP contribution in [0.5, 0.6) is 11.5 Å². The number of amides is 2. The highest BCUT2D eigenvalue weighted by Gasteiger charge is 2.30. The Bertz CT molecular complexity index is 2380. The fourth-order valence-corrected chi connectivity index (χ4v) is 9.18. The molecule has 2 aliphatic rings. The van der Waals surface area contributed by atoms with Gasteiger partial charge in [-0.2, -0.15) is 8.78 Å². The standard InChI is InChI=1S/2C23H24FN3O2S/c2*1-15-13-26(14-25-15)19-7-6-17(12-20(19)29-3)11-18-5-4-10-27(23(18)28)16(2)21-8-9-22(24)30-21/h2*6-9,11-14,16H,4-5,10H2,1-3H3/b2*18-11+/t2*16-/m10/s1. The molecule has 0 N–H and O–H groups in total. The molecule has 312 valence electrons. The number of rotatable bonds is 10. The number of benzene rings is 2. The zero-order valence-corrected chi connectivity index (χ0v) is 36.2. The molecule has 6 aromatic rings. The van der Waals surface area contributed by atoms with Crippen molar-refractivity contribution >= 4 is 46.6 Å². The molecule has 0 radical (unpaired) electrons. The minimum absolute atomic E-state index is 0.0100. The summed E-state index contributed by atoms with van der Waals surface area (Å²) in [5, 5.41) is -0.449. The van der Waals surface area contributed by atoms with Gasteiger partial charge in [-0.25, -0.2) is 9.97 Å². The molecule has 0 spiro atoms. The molecule has 8 rings (SSSR count). The summed E-state index contributed by atoms with van der Waals surface area (Å²) in [6.45, 7) is 9.15. The zero-order valence-electron chi connectivity index (χ0n) is 34.5. The smallest absolute Gasteiger partial charge is 0.250 e. The highest BCUT2D eigenvalue weighted by Crippen LogP contribution is 2.35. The molecule has 2 aliphatic heterocycles. The van der Waals surface area contributed by atoms with Crippen LogP contribution >= 0.6 is 22.7 Å². The monoisotopic (exact) mass is 850 g/mol. The number of methoxy groups -OCH3 is 2. The molecule has 2 aromatic carbocycles. The Kier molecular flexibility index (Phi) is 13.1. The molecule has 2 atom stereocenters. The van der Waals surface area contributed by atoms with E-state index in [1.807, 2.05) is 108 Å². The van der Waals surface area contributed by atoms with Gasteiger partial charge < -0.3 is 28.4 Å². The van der Waals surface area contributed by atoms with Gasteiger partial charge in [-0.15, -0.1) is 22.7 Å². The van der Waals surface area contributed by atoms with Crippen LogP contribution in [0.4, 0.5) is 8.78 Å². The number of hydrogen-bond donors (Lipinski definition) is 0. The van der Waals surface area contributed by atoms with Crippen LogP contribution in [-0.4, -0.2) is 68.0 Å². The second kappa shape index (κ2) is 18.6. The number of carbonyl (C=O) groups excluding carboxylic acids is 2. The molecule has 0 unspecified atom stereocenters. The maximum absolute atomic E-state index is 13.4. The van der Waals surface area contributed by atoms with E-state index in [1.54, 1.807) is 39.0 Å². The lowest BCUT2D eigenvalue weighted by Crippen LogP contribution is -2.38. The van der Waals surface area contributed by atoms with Crippen molar-refractivity contribution in [2.45, 2.75) is 65.5 Å². The number of hydrogen-bond acceptors (Lipinski definition) is 8. The first-order valence-electron chi connectivity index (χ1n) is 19.8. The van der Waals surface area contributed by atoms with Gasteiger partial charge in [-0.1, -0.05) is 12.1 Å². The van der Waals surface area contributed by atoms with Gasteiger partial charge in [-0.3, -0.25) is 9.59 Å². The van der Waals surface area contributed by atoms with Gasteiger partial charge in [0.15, 0.2) is 10.3 Å². The van der Waals surface area contributed by atoms with Gasteiger partial charge in [0.2, 0.25) is 11.8 Å². The van der Waals surface area contributed by atoms with Crippen LogP contribution in [0.25, 0.3) is 23.5 Å². The van der Waals surface area contributed by atoms with E-state index >= 15 is 0 Å². The summed E-state index contributed by atoms with van der Waals surface area (Å²) in [5.74, 6) is 1.44. The topological polar surface area (TPSA) is 94.7 Å². The zero-order chi connectivity index (χ0) is 42.5. The molecule has 0 saturated carbocycles. The van der Waals surface area contributed by atoms with E-state index in [2.05, 4.69) is 9.97 Å². The van der Waals surface area contributed by atoms with Gasteiger partial charge in [0, 0.05) is 46.4 Å². The van der Waals surface area contributed by atoms with Crippen LogP contribution < -0.4 is 9.47 Å². The summed E-state index contributed by atoms with van der Waals surface area (Å²) in [6.07, 6.45) is 14.5. The lowest BCUT2D eigenvalue weighted by molar-refractivity contribution is -0.131. The molecule has 2 fully saturated rings. The second-order valence-electron chi connectivity index (χ2n) is 14.9. The molecule has 4 aromatic heterocycles. The third kappa shape index (κ3) is 9.45. The molecule has 0 bridgehead atoms. The van der Waals surface area contributed by atoms with Crippen molar-refractivity contribution in [3.05, 3.63) is 139 Å². The van der Waals surface area contributed by atoms with Crippen molar-refractivity contribution in [3.8, 4) is 22.9 Å². The Labute approximate surface area is 357 Å². The quantitative estimate of drug-likeness (QED) is 0.127. The Hall–Kier alpha value is -5.86. The second-order valence-corrected chi connectivity index (χ2v) is 17.0. The number of piperidine rings is 2. The lowest BCUT2D eigenvalue weighted by Gasteiger charge is -2.33. The van der Waals surface area contributed by atoms with E-state index < -0.39 is 0 Å². The van der Waals surface area contributed by atoms with Gasteiger partial charge in [0.1, 0.15) is 11.5 Å². The number of aryl methyl sites for hydroxylation is 2. The highest BCUT2D eigenvalue weighted by molar-refractivity contribution is 7.10. The van der Waals surface area contributed by atoms with Crippen molar-refractivity contribution in [1.82, 2.24) is 28.9 Å². The molecular weight excluding hydrogens is 803 g/mol. The number of aromatic nitrogens is 4. The predicted molar refractivity (Wildman–Crippen MR) is 233 cm³/mol. The Morgan fingerprint density at radius 3 is 1.40 bits per heavy atom. The third-order valence-electron chi connectivity index (χ3n) is 10.8. The van der Waals surface area contributed by atoms with Crippen LogP contribution in [-0.2, 0) is 9.59 Å². The van der Waals surface area contributed by atoms with Crippen molar-refractivity contribution in [1.29, 1.82) is 0 Å². The summed E-state index contributed by atoms with van der Waals surface area (Å²) in [7, 11) is 3.27. The third-order valence-corrected chi connectivity index (χ3v) is 12.9. The molecule has 2 saturated heterocycles. The first-order valence-corrected chi connectivity index (χ1v) is 21.5. The van der Waals surface area contributed by atoms with Gasteiger partial charge >= 0.3 is 0 Å². The maximum atomic E-state index is 13.4. The molecular formula is C46H48F2N6O4S2. The lowest BCUT2D eigenvalue weighted by atomic mass is 9.99. The van der Waals surface area contributed by atoms with Crippen LogP contribution in [0.3, 0.4) is 0 Å². The van der Waals surface area contributed by atoms with Crippen LogP contribution in [0.1, 0.15) is 83.9 Å². The average molecular weight is 851 g/mol. The summed E-state index contributed by atoms with van der Waals surface area (Å²) in [6, 6.07) is 17.9. The maximum Gasteiger partial charge on any atom is 0.250 e. The minimum Gasteiger partial charge on any atom is -0.495 e. The van der Waals surface area contributed by atoms with E-state index in [4.69, 9.17) is 9.47 Å². The average Bonchev–Trinajstić information content (AvgIpc) is 4.08. The number of imidazole rings is 2. The SMILES string of the molecule is COc1cc(/C=C2\CCCN([C@@H](C)c3ccc(F)s3)C2=O)ccc1-n1cnc(C)c1.COc1cc(/C=C2\CCCN([C@H](C)c3ccc(F)s3)C2=O)ccc1-n1cnc(C)c1. The summed E-state index contributed by atoms with van der Waals surface area (Å²) in [5.41, 5.74) is 6.99. The summed E-state index contributed by atoms with van der Waals surface area (Å²) < 4.78 is 41.9. The molecule has 60 heavy (non-hydrogen) atoms. The van der Waals surface area contributed by atoms with Crippen LogP contribution in [0.15, 0.2) is 96.9 Å². The molecule has 14 heteroatoms. The number of carbonyl (C=O) groups is 2. The van der Waals surface area contributed by atoms with Crippen LogP contribution in [0.2, 0.25) is 0 Å². The minimum atomic E-state index is -0.225. The molecule has 0 aliphatic carbocycles. The Morgan fingerprint density at radius 1 is 0.650 bits per heavy atom. The van der Waals surface area contributed by atoms with Crippen molar-refractivity contribution in [2.75, 3.05) is 27.3 Å². The largest absolute Gasteiger partial charge is 0.495 e. The first kappa shape index (κ1) is 42.3. The van der Waals surface area contributed by atoms with Gasteiger partial charge in [0.05, 0.1) is 61.7 Å². The number of halogens is 2. The predicted octanol–water partition coefficient (Wildman–Crippen LogP) is 10.3.